The zero-order chi connectivity index (χ0) is 14.7. The smallest absolute Gasteiger partial charge is 0.137 e. The maximum atomic E-state index is 5.19. The monoisotopic (exact) mass is 286 g/mol. The second-order valence-electron chi connectivity index (χ2n) is 5.41. The normalized spacial score (nSPS) is 16.1. The molecule has 0 bridgehead atoms. The number of H-pyrrole nitrogens is 1. The van der Waals surface area contributed by atoms with Crippen LogP contribution in [0.1, 0.15) is 11.4 Å². The van der Waals surface area contributed by atoms with Crippen molar-refractivity contribution in [3.8, 4) is 17.1 Å². The fourth-order valence-corrected chi connectivity index (χ4v) is 2.62. The van der Waals surface area contributed by atoms with Gasteiger partial charge in [0.2, 0.25) is 0 Å². The van der Waals surface area contributed by atoms with Gasteiger partial charge in [0, 0.05) is 44.0 Å². The summed E-state index contributed by atoms with van der Waals surface area (Å²) in [7, 11) is 1.68. The molecule has 0 spiro atoms. The second kappa shape index (κ2) is 6.28. The van der Waals surface area contributed by atoms with E-state index < -0.39 is 0 Å². The molecule has 1 aliphatic heterocycles. The lowest BCUT2D eigenvalue weighted by atomic mass is 10.2. The summed E-state index contributed by atoms with van der Waals surface area (Å²) < 4.78 is 5.19. The van der Waals surface area contributed by atoms with E-state index in [0.29, 0.717) is 0 Å². The van der Waals surface area contributed by atoms with Gasteiger partial charge in [0.05, 0.1) is 12.8 Å². The molecule has 1 aromatic carbocycles. The van der Waals surface area contributed by atoms with E-state index in [2.05, 4.69) is 22.1 Å². The molecular formula is C16H22N4O. The maximum absolute atomic E-state index is 5.19. The van der Waals surface area contributed by atoms with Crippen molar-refractivity contribution in [2.75, 3.05) is 33.3 Å². The minimum atomic E-state index is 0.864. The lowest BCUT2D eigenvalue weighted by molar-refractivity contribution is 0.230. The summed E-state index contributed by atoms with van der Waals surface area (Å²) in [6, 6.07) is 7.99. The van der Waals surface area contributed by atoms with Crippen molar-refractivity contribution < 1.29 is 4.74 Å². The van der Waals surface area contributed by atoms with Gasteiger partial charge < -0.3 is 15.0 Å². The number of ether oxygens (including phenoxy) is 1. The number of hydrogen-bond acceptors (Lipinski definition) is 4. The van der Waals surface area contributed by atoms with E-state index in [1.165, 1.54) is 0 Å². The molecule has 2 N–H and O–H groups in total. The van der Waals surface area contributed by atoms with E-state index in [0.717, 1.165) is 61.2 Å². The van der Waals surface area contributed by atoms with Crippen LogP contribution in [0.15, 0.2) is 24.3 Å². The number of hydrogen-bond donors (Lipinski definition) is 2. The van der Waals surface area contributed by atoms with Crippen LogP contribution in [0.25, 0.3) is 11.4 Å². The van der Waals surface area contributed by atoms with Gasteiger partial charge in [-0.3, -0.25) is 4.90 Å². The van der Waals surface area contributed by atoms with Gasteiger partial charge in [-0.25, -0.2) is 4.98 Å². The van der Waals surface area contributed by atoms with Crippen molar-refractivity contribution in [2.45, 2.75) is 13.5 Å². The van der Waals surface area contributed by atoms with Crippen LogP contribution in [0.3, 0.4) is 0 Å². The van der Waals surface area contributed by atoms with Gasteiger partial charge in [-0.1, -0.05) is 0 Å². The van der Waals surface area contributed by atoms with Crippen molar-refractivity contribution in [3.63, 3.8) is 0 Å². The van der Waals surface area contributed by atoms with Crippen molar-refractivity contribution in [2.24, 2.45) is 0 Å². The number of piperazine rings is 1. The number of nitrogens with one attached hydrogen (secondary N) is 2. The molecule has 0 saturated carbocycles. The summed E-state index contributed by atoms with van der Waals surface area (Å²) in [5.41, 5.74) is 3.38. The van der Waals surface area contributed by atoms with Crippen LogP contribution in [0.4, 0.5) is 0 Å². The highest BCUT2D eigenvalue weighted by Gasteiger charge is 2.14. The summed E-state index contributed by atoms with van der Waals surface area (Å²) in [5.74, 6) is 1.79. The molecule has 0 amide bonds. The molecule has 1 saturated heterocycles. The van der Waals surface area contributed by atoms with Crippen LogP contribution >= 0.6 is 0 Å². The first kappa shape index (κ1) is 14.1. The molecule has 21 heavy (non-hydrogen) atoms. The zero-order valence-electron chi connectivity index (χ0n) is 12.6. The molecule has 2 heterocycles. The number of imidazole rings is 1. The summed E-state index contributed by atoms with van der Waals surface area (Å²) >= 11 is 0. The topological polar surface area (TPSA) is 53.2 Å². The second-order valence-corrected chi connectivity index (χ2v) is 5.41. The average Bonchev–Trinajstić information content (AvgIpc) is 2.89. The van der Waals surface area contributed by atoms with Gasteiger partial charge in [-0.15, -0.1) is 0 Å². The Hall–Kier alpha value is -1.85. The average molecular weight is 286 g/mol. The first-order chi connectivity index (χ1) is 10.3. The number of aromatic amines is 1. The molecule has 1 aliphatic rings. The van der Waals surface area contributed by atoms with Gasteiger partial charge in [-0.2, -0.15) is 0 Å². The Morgan fingerprint density at radius 3 is 2.57 bits per heavy atom. The number of nitrogens with zero attached hydrogens (tertiary/aromatic N) is 2. The highest BCUT2D eigenvalue weighted by atomic mass is 16.5. The summed E-state index contributed by atoms with van der Waals surface area (Å²) in [6.45, 7) is 7.32. The predicted molar refractivity (Wildman–Crippen MR) is 83.5 cm³/mol. The summed E-state index contributed by atoms with van der Waals surface area (Å²) in [5, 5.41) is 3.38. The quantitative estimate of drug-likeness (QED) is 0.900. The largest absolute Gasteiger partial charge is 0.497 e. The van der Waals surface area contributed by atoms with Crippen molar-refractivity contribution in [1.82, 2.24) is 20.2 Å². The molecule has 2 aromatic rings. The lowest BCUT2D eigenvalue weighted by Gasteiger charge is -2.26. The molecule has 1 fully saturated rings. The lowest BCUT2D eigenvalue weighted by Crippen LogP contribution is -2.43. The molecule has 1 aromatic heterocycles. The van der Waals surface area contributed by atoms with Crippen LogP contribution < -0.4 is 10.1 Å². The third-order valence-corrected chi connectivity index (χ3v) is 3.93. The number of aromatic nitrogens is 2. The minimum absolute atomic E-state index is 0.864. The maximum Gasteiger partial charge on any atom is 0.137 e. The van der Waals surface area contributed by atoms with Crippen LogP contribution in [0, 0.1) is 6.92 Å². The van der Waals surface area contributed by atoms with Crippen LogP contribution in [0.2, 0.25) is 0 Å². The van der Waals surface area contributed by atoms with Crippen molar-refractivity contribution in [3.05, 3.63) is 35.7 Å². The van der Waals surface area contributed by atoms with Gasteiger partial charge in [0.25, 0.3) is 0 Å². The number of rotatable bonds is 4. The number of methoxy groups -OCH3 is 1. The van der Waals surface area contributed by atoms with E-state index in [1.807, 2.05) is 24.3 Å². The Morgan fingerprint density at radius 1 is 1.19 bits per heavy atom. The Balaban J connectivity index is 1.76. The minimum Gasteiger partial charge on any atom is -0.497 e. The zero-order valence-corrected chi connectivity index (χ0v) is 12.6. The molecule has 0 atom stereocenters. The molecule has 3 rings (SSSR count). The van der Waals surface area contributed by atoms with E-state index in [-0.39, 0.29) is 0 Å². The van der Waals surface area contributed by atoms with Gasteiger partial charge in [0.1, 0.15) is 11.6 Å². The molecule has 0 radical (unpaired) electrons. The SMILES string of the molecule is COc1ccc(-c2nc(CN3CCNCC3)c(C)[nH]2)cc1. The summed E-state index contributed by atoms with van der Waals surface area (Å²) in [4.78, 5) is 10.6. The highest BCUT2D eigenvalue weighted by molar-refractivity contribution is 5.57. The third-order valence-electron chi connectivity index (χ3n) is 3.93. The van der Waals surface area contributed by atoms with Crippen molar-refractivity contribution >= 4 is 0 Å². The molecular weight excluding hydrogens is 264 g/mol. The van der Waals surface area contributed by atoms with Gasteiger partial charge >= 0.3 is 0 Å². The first-order valence-corrected chi connectivity index (χ1v) is 7.39. The molecule has 5 heteroatoms. The van der Waals surface area contributed by atoms with E-state index in [4.69, 9.17) is 9.72 Å². The fourth-order valence-electron chi connectivity index (χ4n) is 2.62. The number of aryl methyl sites for hydroxylation is 1. The molecule has 112 valence electrons. The van der Waals surface area contributed by atoms with Crippen LogP contribution in [-0.2, 0) is 6.54 Å². The van der Waals surface area contributed by atoms with Crippen molar-refractivity contribution in [1.29, 1.82) is 0 Å². The Labute approximate surface area is 125 Å². The van der Waals surface area contributed by atoms with E-state index in [9.17, 15) is 0 Å². The molecule has 5 nitrogen and oxygen atoms in total. The Bertz CT molecular complexity index is 585. The Morgan fingerprint density at radius 2 is 1.90 bits per heavy atom. The number of benzene rings is 1. The molecule has 0 unspecified atom stereocenters. The highest BCUT2D eigenvalue weighted by Crippen LogP contribution is 2.21. The standard InChI is InChI=1S/C16H22N4O/c1-12-15(11-20-9-7-17-8-10-20)19-16(18-12)13-3-5-14(21-2)6-4-13/h3-6,17H,7-11H2,1-2H3,(H,18,19). The predicted octanol–water partition coefficient (Wildman–Crippen LogP) is 1.80. The Kier molecular flexibility index (Phi) is 4.22. The van der Waals surface area contributed by atoms with Crippen LogP contribution in [0.5, 0.6) is 5.75 Å². The fraction of sp³-hybridized carbons (Fsp3) is 0.438. The van der Waals surface area contributed by atoms with E-state index >= 15 is 0 Å². The first-order valence-electron chi connectivity index (χ1n) is 7.39. The summed E-state index contributed by atoms with van der Waals surface area (Å²) in [6.07, 6.45) is 0. The molecule has 0 aliphatic carbocycles. The third kappa shape index (κ3) is 3.25. The van der Waals surface area contributed by atoms with Crippen LogP contribution in [-0.4, -0.2) is 48.2 Å². The van der Waals surface area contributed by atoms with Gasteiger partial charge in [0.15, 0.2) is 0 Å². The van der Waals surface area contributed by atoms with Gasteiger partial charge in [-0.05, 0) is 31.2 Å². The van der Waals surface area contributed by atoms with E-state index in [1.54, 1.807) is 7.11 Å².